The second kappa shape index (κ2) is 9.12. The van der Waals surface area contributed by atoms with Gasteiger partial charge in [-0.2, -0.15) is 13.2 Å². The van der Waals surface area contributed by atoms with E-state index in [-0.39, 0.29) is 11.9 Å². The number of carbonyl (C=O) groups is 2. The van der Waals surface area contributed by atoms with Crippen LogP contribution >= 0.6 is 0 Å². The van der Waals surface area contributed by atoms with Crippen LogP contribution in [0.1, 0.15) is 24.1 Å². The Hall–Kier alpha value is -4.19. The van der Waals surface area contributed by atoms with E-state index in [0.717, 1.165) is 16.8 Å². The van der Waals surface area contributed by atoms with E-state index in [1.54, 1.807) is 12.1 Å². The van der Waals surface area contributed by atoms with Crippen LogP contribution in [0.2, 0.25) is 0 Å². The van der Waals surface area contributed by atoms with Crippen LogP contribution in [0.25, 0.3) is 4.98 Å². The zero-order valence-electron chi connectivity index (χ0n) is 17.4. The van der Waals surface area contributed by atoms with Gasteiger partial charge in [0.1, 0.15) is 5.97 Å². The lowest BCUT2D eigenvalue weighted by atomic mass is 9.64. The van der Waals surface area contributed by atoms with Gasteiger partial charge in [0, 0.05) is 17.8 Å². The third-order valence-electron chi connectivity index (χ3n) is 5.43. The zero-order chi connectivity index (χ0) is 24.2. The number of carbonyl (C=O) groups excluding carboxylic acids is 2. The Morgan fingerprint density at radius 2 is 1.45 bits per heavy atom. The van der Waals surface area contributed by atoms with Gasteiger partial charge in [-0.3, -0.25) is 4.79 Å². The monoisotopic (exact) mass is 453 g/mol. The van der Waals surface area contributed by atoms with Crippen molar-refractivity contribution in [2.45, 2.75) is 24.6 Å². The van der Waals surface area contributed by atoms with Gasteiger partial charge in [-0.15, -0.1) is 0 Å². The Kier molecular flexibility index (Phi) is 6.49. The second-order valence-corrected chi connectivity index (χ2v) is 7.46. The highest BCUT2D eigenvalue weighted by molar-refractivity contribution is 6.09. The number of nitrogens with zero attached hydrogens (tertiary/aromatic N) is 3. The van der Waals surface area contributed by atoms with Gasteiger partial charge in [-0.25, -0.2) is 0 Å². The Morgan fingerprint density at radius 3 is 1.91 bits per heavy atom. The third kappa shape index (κ3) is 4.55. The molecule has 0 N–H and O–H groups in total. The summed E-state index contributed by atoms with van der Waals surface area (Å²) in [7, 11) is 0. The first kappa shape index (κ1) is 23.5. The molecule has 6 nitrogen and oxygen atoms in total. The third-order valence-corrected chi connectivity index (χ3v) is 5.43. The number of alkyl halides is 3. The molecule has 3 aromatic rings. The SMILES string of the molecule is C[C@]1(c2ccc([N+]#N)cc2)C(=O)N(c2ccccc2)[C@@H]1c1ccccc1.O=C([O-])C(F)(F)F. The van der Waals surface area contributed by atoms with Gasteiger partial charge < -0.3 is 14.8 Å². The molecule has 1 fully saturated rings. The number of benzene rings is 3. The van der Waals surface area contributed by atoms with Gasteiger partial charge in [0.2, 0.25) is 11.3 Å². The van der Waals surface area contributed by atoms with Crippen molar-refractivity contribution in [3.8, 4) is 0 Å². The molecule has 1 aliphatic heterocycles. The zero-order valence-corrected chi connectivity index (χ0v) is 17.4. The van der Waals surface area contributed by atoms with Gasteiger partial charge in [0.15, 0.2) is 4.98 Å². The molecule has 1 saturated heterocycles. The summed E-state index contributed by atoms with van der Waals surface area (Å²) in [5.74, 6) is -2.95. The number of diazo groups is 1. The van der Waals surface area contributed by atoms with E-state index in [1.807, 2.05) is 72.5 Å². The standard InChI is InChI=1S/C22H18N3O.C2HF3O2/c1-22(17-12-14-18(24-23)15-13-17)20(16-8-4-2-5-9-16)25(21(22)26)19-10-6-3-7-11-19;3-2(4,5)1(6)7/h2-15,20H,1H3;(H,6,7)/q+1;/p-1/t20-,22-;/m1./s1. The van der Waals surface area contributed by atoms with Crippen LogP contribution in [-0.2, 0) is 15.0 Å². The molecule has 3 aromatic carbocycles. The first-order chi connectivity index (χ1) is 15.6. The van der Waals surface area contributed by atoms with Crippen molar-refractivity contribution in [1.82, 2.24) is 0 Å². The summed E-state index contributed by atoms with van der Waals surface area (Å²) in [6, 6.07) is 26.9. The van der Waals surface area contributed by atoms with Crippen molar-refractivity contribution in [2.24, 2.45) is 0 Å². The van der Waals surface area contributed by atoms with Crippen LogP contribution in [0.3, 0.4) is 0 Å². The van der Waals surface area contributed by atoms with Crippen LogP contribution in [0.15, 0.2) is 84.9 Å². The van der Waals surface area contributed by atoms with Crippen molar-refractivity contribution in [1.29, 1.82) is 5.39 Å². The molecule has 1 amide bonds. The molecule has 0 aromatic heterocycles. The lowest BCUT2D eigenvalue weighted by Gasteiger charge is -2.55. The summed E-state index contributed by atoms with van der Waals surface area (Å²) in [6.45, 7) is 1.98. The Labute approximate surface area is 187 Å². The molecule has 0 saturated carbocycles. The van der Waals surface area contributed by atoms with Crippen molar-refractivity contribution in [2.75, 3.05) is 4.90 Å². The summed E-state index contributed by atoms with van der Waals surface area (Å²) in [6.07, 6.45) is -5.19. The number of carboxylic acids is 1. The minimum absolute atomic E-state index is 0.0613. The van der Waals surface area contributed by atoms with Gasteiger partial charge in [0.25, 0.3) is 0 Å². The molecule has 0 radical (unpaired) electrons. The highest BCUT2D eigenvalue weighted by Gasteiger charge is 2.59. The van der Waals surface area contributed by atoms with Crippen LogP contribution in [0.5, 0.6) is 0 Å². The molecule has 4 rings (SSSR count). The maximum Gasteiger partial charge on any atom is 0.430 e. The van der Waals surface area contributed by atoms with Crippen molar-refractivity contribution < 1.29 is 27.9 Å². The average molecular weight is 453 g/mol. The fourth-order valence-electron chi connectivity index (χ4n) is 3.80. The van der Waals surface area contributed by atoms with Crippen molar-refractivity contribution in [3.63, 3.8) is 0 Å². The number of amides is 1. The molecule has 2 atom stereocenters. The number of para-hydroxylation sites is 1. The van der Waals surface area contributed by atoms with Crippen molar-refractivity contribution >= 4 is 23.3 Å². The Balaban J connectivity index is 0.000000383. The van der Waals surface area contributed by atoms with Gasteiger partial charge in [-0.1, -0.05) is 48.5 Å². The van der Waals surface area contributed by atoms with Crippen LogP contribution < -0.4 is 10.0 Å². The second-order valence-electron chi connectivity index (χ2n) is 7.46. The molecule has 0 bridgehead atoms. The summed E-state index contributed by atoms with van der Waals surface area (Å²) in [4.78, 5) is 27.1. The lowest BCUT2D eigenvalue weighted by Crippen LogP contribution is -2.65. The Bertz CT molecular complexity index is 1180. The normalized spacial score (nSPS) is 19.5. The molecular weight excluding hydrogens is 435 g/mol. The fraction of sp³-hybridized carbons (Fsp3) is 0.167. The number of rotatable bonds is 3. The molecule has 0 spiro atoms. The number of aliphatic carboxylic acids is 1. The van der Waals surface area contributed by atoms with Crippen LogP contribution in [-0.4, -0.2) is 18.1 Å². The van der Waals surface area contributed by atoms with E-state index in [4.69, 9.17) is 15.3 Å². The highest BCUT2D eigenvalue weighted by Crippen LogP contribution is 2.53. The Morgan fingerprint density at radius 1 is 0.970 bits per heavy atom. The van der Waals surface area contributed by atoms with E-state index in [0.29, 0.717) is 5.69 Å². The minimum atomic E-state index is -5.19. The summed E-state index contributed by atoms with van der Waals surface area (Å²) in [5.41, 5.74) is 2.70. The molecule has 33 heavy (non-hydrogen) atoms. The molecule has 1 heterocycles. The number of hydrogen-bond acceptors (Lipinski definition) is 4. The minimum Gasteiger partial charge on any atom is -0.542 e. The van der Waals surface area contributed by atoms with Gasteiger partial charge >= 0.3 is 11.9 Å². The predicted octanol–water partition coefficient (Wildman–Crippen LogP) is 4.52. The predicted molar refractivity (Wildman–Crippen MR) is 113 cm³/mol. The van der Waals surface area contributed by atoms with Crippen LogP contribution in [0.4, 0.5) is 24.5 Å². The van der Waals surface area contributed by atoms with Crippen LogP contribution in [0, 0.1) is 5.39 Å². The summed E-state index contributed by atoms with van der Waals surface area (Å²) in [5, 5.41) is 17.7. The first-order valence-corrected chi connectivity index (χ1v) is 9.78. The smallest absolute Gasteiger partial charge is 0.430 e. The van der Waals surface area contributed by atoms with Crippen molar-refractivity contribution in [3.05, 3.63) is 101 Å². The van der Waals surface area contributed by atoms with E-state index in [9.17, 15) is 18.0 Å². The number of β-lactam (4-membered cyclic amide) rings is 1. The number of halogens is 3. The van der Waals surface area contributed by atoms with Gasteiger partial charge in [0.05, 0.1) is 11.5 Å². The van der Waals surface area contributed by atoms with E-state index in [2.05, 4.69) is 17.1 Å². The topological polar surface area (TPSA) is 88.6 Å². The molecule has 9 heteroatoms. The maximum absolute atomic E-state index is 13.3. The van der Waals surface area contributed by atoms with E-state index >= 15 is 0 Å². The molecule has 1 aliphatic rings. The molecular formula is C24H18F3N3O3. The largest absolute Gasteiger partial charge is 0.542 e. The molecule has 168 valence electrons. The van der Waals surface area contributed by atoms with Gasteiger partial charge in [-0.05, 0) is 42.3 Å². The summed E-state index contributed by atoms with van der Waals surface area (Å²) >= 11 is 0. The molecule has 0 unspecified atom stereocenters. The lowest BCUT2D eigenvalue weighted by molar-refractivity contribution is -0.344. The number of hydrogen-bond donors (Lipinski definition) is 0. The first-order valence-electron chi connectivity index (χ1n) is 9.78. The highest BCUT2D eigenvalue weighted by atomic mass is 19.4. The summed E-state index contributed by atoms with van der Waals surface area (Å²) < 4.78 is 31.5. The van der Waals surface area contributed by atoms with E-state index < -0.39 is 17.6 Å². The fourth-order valence-corrected chi connectivity index (χ4v) is 3.80. The maximum atomic E-state index is 13.3. The average Bonchev–Trinajstić information content (AvgIpc) is 2.82. The molecule has 0 aliphatic carbocycles. The van der Waals surface area contributed by atoms with E-state index in [1.165, 1.54) is 0 Å². The quantitative estimate of drug-likeness (QED) is 0.431. The number of anilines is 1. The number of carboxylic acid groups (broad SMARTS) is 1.